The lowest BCUT2D eigenvalue weighted by Crippen LogP contribution is -2.29. The Morgan fingerprint density at radius 1 is 1.33 bits per heavy atom. The first kappa shape index (κ1) is 14.9. The van der Waals surface area contributed by atoms with Gasteiger partial charge in [-0.2, -0.15) is 0 Å². The molecule has 0 saturated heterocycles. The summed E-state index contributed by atoms with van der Waals surface area (Å²) in [7, 11) is 1.87. The number of nitrogens with one attached hydrogen (secondary N) is 1. The van der Waals surface area contributed by atoms with Crippen molar-refractivity contribution in [2.45, 2.75) is 20.4 Å². The molecule has 4 heteroatoms. The zero-order valence-corrected chi connectivity index (χ0v) is 11.5. The number of benzene rings is 1. The fourth-order valence-electron chi connectivity index (χ4n) is 1.99. The third-order valence-electron chi connectivity index (χ3n) is 2.85. The van der Waals surface area contributed by atoms with Gasteiger partial charge in [-0.25, -0.2) is 4.39 Å². The van der Waals surface area contributed by atoms with E-state index >= 15 is 0 Å². The van der Waals surface area contributed by atoms with Crippen molar-refractivity contribution in [1.29, 1.82) is 0 Å². The fraction of sp³-hybridized carbons (Fsp3) is 0.571. The molecule has 0 spiro atoms. The predicted molar refractivity (Wildman–Crippen MR) is 73.5 cm³/mol. The summed E-state index contributed by atoms with van der Waals surface area (Å²) in [4.78, 5) is 2.03. The monoisotopic (exact) mass is 254 g/mol. The molecule has 0 aliphatic carbocycles. The fourth-order valence-corrected chi connectivity index (χ4v) is 1.99. The Morgan fingerprint density at radius 3 is 2.72 bits per heavy atom. The number of ether oxygens (including phenoxy) is 1. The second kappa shape index (κ2) is 8.06. The zero-order chi connectivity index (χ0) is 13.4. The van der Waals surface area contributed by atoms with Gasteiger partial charge in [0.15, 0.2) is 0 Å². The quantitative estimate of drug-likeness (QED) is 0.721. The second-order valence-electron chi connectivity index (χ2n) is 4.05. The summed E-state index contributed by atoms with van der Waals surface area (Å²) in [5.74, 6) is -0.166. The van der Waals surface area contributed by atoms with Crippen LogP contribution >= 0.6 is 0 Å². The molecule has 1 aromatic carbocycles. The van der Waals surface area contributed by atoms with Crippen molar-refractivity contribution in [3.05, 3.63) is 29.6 Å². The lowest BCUT2D eigenvalue weighted by Gasteiger charge is -2.26. The number of hydrogen-bond donors (Lipinski definition) is 1. The molecular weight excluding hydrogens is 231 g/mol. The molecule has 1 rings (SSSR count). The maximum absolute atomic E-state index is 14.0. The van der Waals surface area contributed by atoms with Gasteiger partial charge in [0.1, 0.15) is 5.82 Å². The highest BCUT2D eigenvalue weighted by Crippen LogP contribution is 2.24. The van der Waals surface area contributed by atoms with Gasteiger partial charge in [-0.3, -0.25) is 0 Å². The van der Waals surface area contributed by atoms with Crippen LogP contribution in [-0.4, -0.2) is 33.4 Å². The summed E-state index contributed by atoms with van der Waals surface area (Å²) >= 11 is 0. The number of rotatable bonds is 8. The lowest BCUT2D eigenvalue weighted by molar-refractivity contribution is 0.154. The third kappa shape index (κ3) is 3.96. The highest BCUT2D eigenvalue weighted by molar-refractivity contribution is 5.54. The average molecular weight is 254 g/mol. The average Bonchev–Trinajstić information content (AvgIpc) is 2.37. The minimum atomic E-state index is -0.166. The first-order valence-electron chi connectivity index (χ1n) is 6.49. The highest BCUT2D eigenvalue weighted by atomic mass is 19.1. The molecule has 3 nitrogen and oxygen atoms in total. The van der Waals surface area contributed by atoms with Crippen LogP contribution in [0.3, 0.4) is 0 Å². The smallest absolute Gasteiger partial charge is 0.146 e. The van der Waals surface area contributed by atoms with Gasteiger partial charge in [-0.15, -0.1) is 0 Å². The molecule has 0 aliphatic rings. The van der Waals surface area contributed by atoms with Gasteiger partial charge < -0.3 is 15.0 Å². The topological polar surface area (TPSA) is 24.5 Å². The summed E-state index contributed by atoms with van der Waals surface area (Å²) in [6, 6.07) is 5.22. The normalized spacial score (nSPS) is 10.7. The summed E-state index contributed by atoms with van der Waals surface area (Å²) in [6.45, 7) is 7.45. The van der Waals surface area contributed by atoms with Crippen molar-refractivity contribution in [2.75, 3.05) is 38.3 Å². The minimum Gasteiger partial charge on any atom is -0.380 e. The minimum absolute atomic E-state index is 0.166. The van der Waals surface area contributed by atoms with Crippen LogP contribution in [0.2, 0.25) is 0 Å². The summed E-state index contributed by atoms with van der Waals surface area (Å²) in [5.41, 5.74) is 1.67. The molecule has 0 bridgehead atoms. The first-order valence-corrected chi connectivity index (χ1v) is 6.49. The molecule has 0 unspecified atom stereocenters. The van der Waals surface area contributed by atoms with E-state index in [0.29, 0.717) is 32.0 Å². The Balaban J connectivity index is 2.88. The molecule has 0 amide bonds. The van der Waals surface area contributed by atoms with E-state index in [2.05, 4.69) is 5.32 Å². The van der Waals surface area contributed by atoms with E-state index in [-0.39, 0.29) is 5.82 Å². The third-order valence-corrected chi connectivity index (χ3v) is 2.85. The van der Waals surface area contributed by atoms with Gasteiger partial charge in [0.05, 0.1) is 12.3 Å². The van der Waals surface area contributed by atoms with E-state index in [4.69, 9.17) is 4.74 Å². The van der Waals surface area contributed by atoms with E-state index in [9.17, 15) is 4.39 Å². The number of para-hydroxylation sites is 1. The number of likely N-dealkylation sites (N-methyl/N-ethyl adjacent to an activating group) is 1. The molecule has 0 radical (unpaired) electrons. The van der Waals surface area contributed by atoms with Crippen LogP contribution in [0.25, 0.3) is 0 Å². The molecule has 1 aromatic rings. The van der Waals surface area contributed by atoms with Crippen molar-refractivity contribution >= 4 is 5.69 Å². The van der Waals surface area contributed by atoms with Gasteiger partial charge in [-0.1, -0.05) is 12.1 Å². The lowest BCUT2D eigenvalue weighted by atomic mass is 10.1. The van der Waals surface area contributed by atoms with Crippen molar-refractivity contribution in [3.8, 4) is 0 Å². The van der Waals surface area contributed by atoms with Gasteiger partial charge >= 0.3 is 0 Å². The summed E-state index contributed by atoms with van der Waals surface area (Å²) in [6.07, 6.45) is 0. The van der Waals surface area contributed by atoms with Crippen LogP contribution in [0.4, 0.5) is 10.1 Å². The van der Waals surface area contributed by atoms with E-state index < -0.39 is 0 Å². The number of nitrogens with zero attached hydrogens (tertiary/aromatic N) is 1. The molecule has 1 N–H and O–H groups in total. The van der Waals surface area contributed by atoms with Crippen molar-refractivity contribution in [3.63, 3.8) is 0 Å². The molecule has 0 saturated carbocycles. The van der Waals surface area contributed by atoms with Crippen LogP contribution < -0.4 is 10.2 Å². The largest absolute Gasteiger partial charge is 0.380 e. The molecule has 102 valence electrons. The number of anilines is 1. The summed E-state index contributed by atoms with van der Waals surface area (Å²) in [5, 5.41) is 3.07. The Kier molecular flexibility index (Phi) is 6.68. The van der Waals surface area contributed by atoms with Gasteiger partial charge in [-0.05, 0) is 32.5 Å². The van der Waals surface area contributed by atoms with Crippen LogP contribution in [0, 0.1) is 5.82 Å². The first-order chi connectivity index (χ1) is 8.74. The van der Waals surface area contributed by atoms with E-state index in [1.54, 1.807) is 6.07 Å². The Morgan fingerprint density at radius 2 is 2.11 bits per heavy atom. The van der Waals surface area contributed by atoms with E-state index in [0.717, 1.165) is 12.1 Å². The SMILES string of the molecule is CCOCCN(CC)c1c(F)cccc1CNC. The van der Waals surface area contributed by atoms with Crippen LogP contribution in [0.1, 0.15) is 19.4 Å². The molecular formula is C14H23FN2O. The van der Waals surface area contributed by atoms with Crippen LogP contribution in [0.5, 0.6) is 0 Å². The predicted octanol–water partition coefficient (Wildman–Crippen LogP) is 2.41. The van der Waals surface area contributed by atoms with Crippen molar-refractivity contribution in [2.24, 2.45) is 0 Å². The zero-order valence-electron chi connectivity index (χ0n) is 11.5. The van der Waals surface area contributed by atoms with Crippen LogP contribution in [0.15, 0.2) is 18.2 Å². The van der Waals surface area contributed by atoms with Crippen LogP contribution in [-0.2, 0) is 11.3 Å². The second-order valence-corrected chi connectivity index (χ2v) is 4.05. The molecule has 0 heterocycles. The molecule has 0 atom stereocenters. The Hall–Kier alpha value is -1.13. The van der Waals surface area contributed by atoms with Gasteiger partial charge in [0.2, 0.25) is 0 Å². The summed E-state index contributed by atoms with van der Waals surface area (Å²) < 4.78 is 19.4. The number of hydrogen-bond acceptors (Lipinski definition) is 3. The molecule has 0 aliphatic heterocycles. The Bertz CT molecular complexity index is 358. The number of halogens is 1. The maximum Gasteiger partial charge on any atom is 0.146 e. The van der Waals surface area contributed by atoms with Crippen molar-refractivity contribution < 1.29 is 9.13 Å². The van der Waals surface area contributed by atoms with E-state index in [1.807, 2.05) is 31.9 Å². The standard InChI is InChI=1S/C14H23FN2O/c1-4-17(9-10-18-5-2)14-12(11-16-3)7-6-8-13(14)15/h6-8,16H,4-5,9-11H2,1-3H3. The van der Waals surface area contributed by atoms with Gasteiger partial charge in [0, 0.05) is 26.2 Å². The van der Waals surface area contributed by atoms with Crippen molar-refractivity contribution in [1.82, 2.24) is 5.32 Å². The molecule has 18 heavy (non-hydrogen) atoms. The molecule has 0 aromatic heterocycles. The molecule has 0 fully saturated rings. The highest BCUT2D eigenvalue weighted by Gasteiger charge is 2.14. The van der Waals surface area contributed by atoms with E-state index in [1.165, 1.54) is 6.07 Å². The van der Waals surface area contributed by atoms with Gasteiger partial charge in [0.25, 0.3) is 0 Å². The maximum atomic E-state index is 14.0. The Labute approximate surface area is 109 Å².